The average molecular weight is 235 g/mol. The van der Waals surface area contributed by atoms with E-state index in [1.165, 1.54) is 6.07 Å². The lowest BCUT2D eigenvalue weighted by molar-refractivity contribution is 0.476. The first-order valence-electron chi connectivity index (χ1n) is 4.01. The number of phenols is 1. The van der Waals surface area contributed by atoms with Gasteiger partial charge in [-0.05, 0) is 17.3 Å². The number of halogens is 2. The Bertz CT molecular complexity index is 331. The lowest BCUT2D eigenvalue weighted by Crippen LogP contribution is -2.39. The molecule has 0 aromatic heterocycles. The van der Waals surface area contributed by atoms with Gasteiger partial charge in [-0.2, -0.15) is 0 Å². The zero-order valence-electron chi connectivity index (χ0n) is 7.86. The molecule has 4 heteroatoms. The highest BCUT2D eigenvalue weighted by Crippen LogP contribution is 2.27. The lowest BCUT2D eigenvalue weighted by atomic mass is 10.3. The molecule has 0 aliphatic carbocycles. The highest BCUT2D eigenvalue weighted by atomic mass is 35.5. The SMILES string of the molecule is C[Si](C)(C)c1c(Cl)ccc(O)c1Cl. The van der Waals surface area contributed by atoms with Crippen molar-refractivity contribution >= 4 is 36.5 Å². The largest absolute Gasteiger partial charge is 0.506 e. The van der Waals surface area contributed by atoms with Crippen LogP contribution in [-0.4, -0.2) is 13.2 Å². The molecule has 0 bridgehead atoms. The van der Waals surface area contributed by atoms with Gasteiger partial charge in [0.15, 0.2) is 0 Å². The zero-order chi connectivity index (χ0) is 10.2. The van der Waals surface area contributed by atoms with Gasteiger partial charge in [-0.1, -0.05) is 42.8 Å². The fourth-order valence-corrected chi connectivity index (χ4v) is 4.89. The molecular formula is C9H12Cl2OSi. The van der Waals surface area contributed by atoms with Crippen molar-refractivity contribution in [2.45, 2.75) is 19.6 Å². The monoisotopic (exact) mass is 234 g/mol. The van der Waals surface area contributed by atoms with Gasteiger partial charge in [0.25, 0.3) is 0 Å². The van der Waals surface area contributed by atoms with Crippen LogP contribution in [0.15, 0.2) is 12.1 Å². The summed E-state index contributed by atoms with van der Waals surface area (Å²) < 4.78 is 0. The van der Waals surface area contributed by atoms with E-state index in [-0.39, 0.29) is 5.75 Å². The minimum absolute atomic E-state index is 0.114. The fourth-order valence-electron chi connectivity index (χ4n) is 1.23. The molecule has 0 aliphatic rings. The second-order valence-electron chi connectivity index (χ2n) is 4.01. The summed E-state index contributed by atoms with van der Waals surface area (Å²) in [5.74, 6) is 0.114. The Hall–Kier alpha value is -0.183. The molecule has 1 aromatic carbocycles. The van der Waals surface area contributed by atoms with Gasteiger partial charge < -0.3 is 5.11 Å². The Labute approximate surface area is 89.3 Å². The summed E-state index contributed by atoms with van der Waals surface area (Å²) in [6.07, 6.45) is 0. The normalized spacial score (nSPS) is 11.8. The second kappa shape index (κ2) is 3.52. The molecule has 1 rings (SSSR count). The van der Waals surface area contributed by atoms with Gasteiger partial charge in [0.05, 0.1) is 13.1 Å². The quantitative estimate of drug-likeness (QED) is 0.741. The Morgan fingerprint density at radius 1 is 1.15 bits per heavy atom. The van der Waals surface area contributed by atoms with Crippen molar-refractivity contribution in [1.29, 1.82) is 0 Å². The van der Waals surface area contributed by atoms with Crippen molar-refractivity contribution < 1.29 is 5.11 Å². The van der Waals surface area contributed by atoms with Crippen LogP contribution >= 0.6 is 23.2 Å². The van der Waals surface area contributed by atoms with Gasteiger partial charge in [-0.25, -0.2) is 0 Å². The van der Waals surface area contributed by atoms with E-state index in [4.69, 9.17) is 23.2 Å². The summed E-state index contributed by atoms with van der Waals surface area (Å²) in [6, 6.07) is 3.21. The highest BCUT2D eigenvalue weighted by Gasteiger charge is 2.24. The molecule has 1 aromatic rings. The molecule has 0 spiro atoms. The molecule has 0 fully saturated rings. The smallest absolute Gasteiger partial charge is 0.134 e. The van der Waals surface area contributed by atoms with Gasteiger partial charge in [0, 0.05) is 5.02 Å². The van der Waals surface area contributed by atoms with Crippen molar-refractivity contribution in [2.24, 2.45) is 0 Å². The maximum Gasteiger partial charge on any atom is 0.134 e. The van der Waals surface area contributed by atoms with E-state index in [1.807, 2.05) is 0 Å². The zero-order valence-corrected chi connectivity index (χ0v) is 10.4. The Morgan fingerprint density at radius 2 is 1.69 bits per heavy atom. The molecular weight excluding hydrogens is 223 g/mol. The molecule has 13 heavy (non-hydrogen) atoms. The van der Waals surface area contributed by atoms with Crippen molar-refractivity contribution in [3.05, 3.63) is 22.2 Å². The van der Waals surface area contributed by atoms with Crippen molar-refractivity contribution in [2.75, 3.05) is 0 Å². The van der Waals surface area contributed by atoms with Crippen molar-refractivity contribution in [1.82, 2.24) is 0 Å². The molecule has 1 N–H and O–H groups in total. The van der Waals surface area contributed by atoms with E-state index in [9.17, 15) is 5.11 Å². The van der Waals surface area contributed by atoms with Crippen LogP contribution in [0.5, 0.6) is 5.75 Å². The van der Waals surface area contributed by atoms with Crippen LogP contribution in [0, 0.1) is 0 Å². The Balaban J connectivity index is 3.43. The summed E-state index contributed by atoms with van der Waals surface area (Å²) >= 11 is 12.0. The number of aromatic hydroxyl groups is 1. The minimum Gasteiger partial charge on any atom is -0.506 e. The summed E-state index contributed by atoms with van der Waals surface area (Å²) in [7, 11) is -1.58. The minimum atomic E-state index is -1.58. The summed E-state index contributed by atoms with van der Waals surface area (Å²) in [5, 5.41) is 11.4. The van der Waals surface area contributed by atoms with E-state index >= 15 is 0 Å². The van der Waals surface area contributed by atoms with Crippen molar-refractivity contribution in [3.8, 4) is 5.75 Å². The molecule has 72 valence electrons. The number of hydrogen-bond donors (Lipinski definition) is 1. The Kier molecular flexibility index (Phi) is 2.95. The maximum atomic E-state index is 9.42. The molecule has 0 amide bonds. The molecule has 0 radical (unpaired) electrons. The highest BCUT2D eigenvalue weighted by molar-refractivity contribution is 6.91. The number of phenolic OH excluding ortho intramolecular Hbond substituents is 1. The third kappa shape index (κ3) is 2.19. The topological polar surface area (TPSA) is 20.2 Å². The fraction of sp³-hybridized carbons (Fsp3) is 0.333. The van der Waals surface area contributed by atoms with E-state index in [0.29, 0.717) is 10.0 Å². The summed E-state index contributed by atoms with van der Waals surface area (Å²) in [6.45, 7) is 6.42. The van der Waals surface area contributed by atoms with Crippen LogP contribution in [-0.2, 0) is 0 Å². The molecule has 0 heterocycles. The van der Waals surface area contributed by atoms with Gasteiger partial charge in [-0.15, -0.1) is 0 Å². The molecule has 0 atom stereocenters. The maximum absolute atomic E-state index is 9.42. The van der Waals surface area contributed by atoms with Gasteiger partial charge in [-0.3, -0.25) is 0 Å². The summed E-state index contributed by atoms with van der Waals surface area (Å²) in [5.41, 5.74) is 0. The van der Waals surface area contributed by atoms with E-state index in [2.05, 4.69) is 19.6 Å². The third-order valence-corrected chi connectivity index (χ3v) is 4.85. The van der Waals surface area contributed by atoms with Gasteiger partial charge in [0.1, 0.15) is 5.75 Å². The molecule has 0 saturated heterocycles. The predicted molar refractivity (Wildman–Crippen MR) is 61.1 cm³/mol. The Morgan fingerprint density at radius 3 is 2.08 bits per heavy atom. The first-order chi connectivity index (χ1) is 5.84. The van der Waals surface area contributed by atoms with Crippen LogP contribution in [0.3, 0.4) is 0 Å². The van der Waals surface area contributed by atoms with Crippen LogP contribution in [0.4, 0.5) is 0 Å². The van der Waals surface area contributed by atoms with E-state index < -0.39 is 8.07 Å². The third-order valence-electron chi connectivity index (χ3n) is 1.82. The second-order valence-corrected chi connectivity index (χ2v) is 9.79. The molecule has 0 unspecified atom stereocenters. The van der Waals surface area contributed by atoms with Crippen LogP contribution < -0.4 is 5.19 Å². The number of benzene rings is 1. The average Bonchev–Trinajstić information content (AvgIpc) is 1.95. The lowest BCUT2D eigenvalue weighted by Gasteiger charge is -2.20. The number of rotatable bonds is 1. The van der Waals surface area contributed by atoms with Gasteiger partial charge in [0.2, 0.25) is 0 Å². The van der Waals surface area contributed by atoms with Gasteiger partial charge >= 0.3 is 0 Å². The summed E-state index contributed by atoms with van der Waals surface area (Å²) in [4.78, 5) is 0. The molecule has 1 nitrogen and oxygen atoms in total. The first-order valence-corrected chi connectivity index (χ1v) is 8.27. The predicted octanol–water partition coefficient (Wildman–Crippen LogP) is 3.24. The van der Waals surface area contributed by atoms with Crippen LogP contribution in [0.25, 0.3) is 0 Å². The van der Waals surface area contributed by atoms with E-state index in [0.717, 1.165) is 5.19 Å². The van der Waals surface area contributed by atoms with Crippen LogP contribution in [0.2, 0.25) is 29.7 Å². The van der Waals surface area contributed by atoms with E-state index in [1.54, 1.807) is 6.07 Å². The molecule has 0 aliphatic heterocycles. The standard InChI is InChI=1S/C9H12Cl2OSi/c1-13(2,3)9-6(10)4-5-7(12)8(9)11/h4-5,12H,1-3H3. The number of hydrogen-bond acceptors (Lipinski definition) is 1. The first kappa shape index (κ1) is 10.9. The van der Waals surface area contributed by atoms with Crippen molar-refractivity contribution in [3.63, 3.8) is 0 Å². The molecule has 0 saturated carbocycles. The van der Waals surface area contributed by atoms with Crippen LogP contribution in [0.1, 0.15) is 0 Å².